The molecule has 0 bridgehead atoms. The molecule has 1 aliphatic rings. The van der Waals surface area contributed by atoms with Crippen LogP contribution in [-0.4, -0.2) is 25.9 Å². The predicted molar refractivity (Wildman–Crippen MR) is 97.7 cm³/mol. The molecule has 0 radical (unpaired) electrons. The Morgan fingerprint density at radius 3 is 2.26 bits per heavy atom. The van der Waals surface area contributed by atoms with Gasteiger partial charge in [-0.1, -0.05) is 24.3 Å². The lowest BCUT2D eigenvalue weighted by atomic mass is 10.1. The molecule has 3 rings (SSSR count). The van der Waals surface area contributed by atoms with E-state index in [9.17, 15) is 29.8 Å². The predicted octanol–water partition coefficient (Wildman–Crippen LogP) is 3.74. The Morgan fingerprint density at radius 2 is 1.63 bits per heavy atom. The maximum Gasteiger partial charge on any atom is 0.293 e. The average molecular weight is 385 g/mol. The molecule has 9 nitrogen and oxygen atoms in total. The summed E-state index contributed by atoms with van der Waals surface area (Å²) in [7, 11) is 0. The summed E-state index contributed by atoms with van der Waals surface area (Å²) in [5.74, 6) is -0.568. The minimum absolute atomic E-state index is 0.0448. The third-order valence-corrected chi connectivity index (χ3v) is 4.69. The van der Waals surface area contributed by atoms with Crippen LogP contribution in [0.1, 0.15) is 11.1 Å². The number of para-hydroxylation sites is 1. The number of thioether (sulfide) groups is 1. The summed E-state index contributed by atoms with van der Waals surface area (Å²) in [6.07, 6.45) is 1.32. The lowest BCUT2D eigenvalue weighted by Crippen LogP contribution is -2.27. The van der Waals surface area contributed by atoms with Crippen molar-refractivity contribution in [1.29, 1.82) is 0 Å². The maximum atomic E-state index is 12.5. The summed E-state index contributed by atoms with van der Waals surface area (Å²) in [6.45, 7) is -0.0448. The van der Waals surface area contributed by atoms with Crippen molar-refractivity contribution in [2.75, 3.05) is 0 Å². The van der Waals surface area contributed by atoms with Crippen LogP contribution in [0.15, 0.2) is 53.4 Å². The summed E-state index contributed by atoms with van der Waals surface area (Å²) in [6, 6.07) is 11.4. The van der Waals surface area contributed by atoms with Crippen molar-refractivity contribution in [3.8, 4) is 0 Å². The first-order chi connectivity index (χ1) is 12.9. The third kappa shape index (κ3) is 3.85. The lowest BCUT2D eigenvalue weighted by Gasteiger charge is -2.12. The van der Waals surface area contributed by atoms with E-state index >= 15 is 0 Å². The van der Waals surface area contributed by atoms with Gasteiger partial charge in [-0.05, 0) is 29.5 Å². The fourth-order valence-corrected chi connectivity index (χ4v) is 3.29. The molecule has 0 N–H and O–H groups in total. The second-order valence-electron chi connectivity index (χ2n) is 5.51. The SMILES string of the molecule is O=C1S/C(=C/c2ccccc2[N+](=O)[O-])C(=O)N1Cc1ccc([N+](=O)[O-])cc1. The average Bonchev–Trinajstić information content (AvgIpc) is 2.90. The van der Waals surface area contributed by atoms with Gasteiger partial charge >= 0.3 is 0 Å². The molecule has 10 heteroatoms. The molecule has 2 amide bonds. The number of rotatable bonds is 5. The molecule has 0 aliphatic carbocycles. The molecule has 27 heavy (non-hydrogen) atoms. The maximum absolute atomic E-state index is 12.5. The largest absolute Gasteiger partial charge is 0.293 e. The Balaban J connectivity index is 1.83. The van der Waals surface area contributed by atoms with Crippen LogP contribution in [0.5, 0.6) is 0 Å². The van der Waals surface area contributed by atoms with Crippen LogP contribution in [0.2, 0.25) is 0 Å². The van der Waals surface area contributed by atoms with Crippen molar-refractivity contribution in [3.05, 3.63) is 84.8 Å². The first kappa shape index (κ1) is 18.3. The molecule has 0 saturated carbocycles. The first-order valence-electron chi connectivity index (χ1n) is 7.59. The van der Waals surface area contributed by atoms with Crippen molar-refractivity contribution >= 4 is 40.4 Å². The molecule has 1 heterocycles. The number of amides is 2. The highest BCUT2D eigenvalue weighted by Crippen LogP contribution is 2.34. The molecule has 0 unspecified atom stereocenters. The molecule has 0 aromatic heterocycles. The number of hydrogen-bond acceptors (Lipinski definition) is 7. The summed E-state index contributed by atoms with van der Waals surface area (Å²) in [5, 5.41) is 21.3. The highest BCUT2D eigenvalue weighted by molar-refractivity contribution is 8.18. The zero-order chi connectivity index (χ0) is 19.6. The number of hydrogen-bond donors (Lipinski definition) is 0. The molecule has 1 aliphatic heterocycles. The Hall–Kier alpha value is -3.53. The van der Waals surface area contributed by atoms with Gasteiger partial charge in [0.2, 0.25) is 0 Å². The first-order valence-corrected chi connectivity index (χ1v) is 8.40. The summed E-state index contributed by atoms with van der Waals surface area (Å²) in [4.78, 5) is 46.4. The fraction of sp³-hybridized carbons (Fsp3) is 0.0588. The van der Waals surface area contributed by atoms with Gasteiger partial charge in [-0.2, -0.15) is 0 Å². The number of nitro benzene ring substituents is 2. The van der Waals surface area contributed by atoms with Crippen LogP contribution in [-0.2, 0) is 11.3 Å². The topological polar surface area (TPSA) is 124 Å². The van der Waals surface area contributed by atoms with Gasteiger partial charge in [-0.15, -0.1) is 0 Å². The van der Waals surface area contributed by atoms with Gasteiger partial charge in [0.15, 0.2) is 0 Å². The molecule has 1 fully saturated rings. The highest BCUT2D eigenvalue weighted by atomic mass is 32.2. The number of carbonyl (C=O) groups is 2. The molecule has 2 aromatic carbocycles. The number of non-ortho nitro benzene ring substituents is 1. The summed E-state index contributed by atoms with van der Waals surface area (Å²) >= 11 is 0.692. The highest BCUT2D eigenvalue weighted by Gasteiger charge is 2.35. The lowest BCUT2D eigenvalue weighted by molar-refractivity contribution is -0.385. The van der Waals surface area contributed by atoms with Crippen molar-refractivity contribution < 1.29 is 19.4 Å². The van der Waals surface area contributed by atoms with E-state index in [1.807, 2.05) is 0 Å². The molecule has 2 aromatic rings. The Kier molecular flexibility index (Phi) is 4.99. The minimum Gasteiger partial charge on any atom is -0.268 e. The normalized spacial score (nSPS) is 15.4. The van der Waals surface area contributed by atoms with Crippen molar-refractivity contribution in [1.82, 2.24) is 4.90 Å². The van der Waals surface area contributed by atoms with Crippen LogP contribution in [0.25, 0.3) is 6.08 Å². The van der Waals surface area contributed by atoms with E-state index in [0.717, 1.165) is 4.90 Å². The number of nitrogens with zero attached hydrogens (tertiary/aromatic N) is 3. The number of imide groups is 1. The van der Waals surface area contributed by atoms with Crippen LogP contribution >= 0.6 is 11.8 Å². The van der Waals surface area contributed by atoms with Gasteiger partial charge in [0.1, 0.15) is 0 Å². The van der Waals surface area contributed by atoms with Crippen LogP contribution in [0.4, 0.5) is 16.2 Å². The number of nitro groups is 2. The van der Waals surface area contributed by atoms with E-state index in [4.69, 9.17) is 0 Å². The van der Waals surface area contributed by atoms with Gasteiger partial charge in [0.25, 0.3) is 22.5 Å². The van der Waals surface area contributed by atoms with Crippen molar-refractivity contribution in [2.24, 2.45) is 0 Å². The van der Waals surface area contributed by atoms with Crippen LogP contribution < -0.4 is 0 Å². The minimum atomic E-state index is -0.568. The standard InChI is InChI=1S/C17H11N3O6S/c21-16-15(9-12-3-1-2-4-14(12)20(25)26)27-17(22)18(16)10-11-5-7-13(8-6-11)19(23)24/h1-9H,10H2/b15-9+. The molecular weight excluding hydrogens is 374 g/mol. The van der Waals surface area contributed by atoms with E-state index in [-0.39, 0.29) is 28.4 Å². The molecule has 0 spiro atoms. The molecule has 1 saturated heterocycles. The van der Waals surface area contributed by atoms with Crippen LogP contribution in [0, 0.1) is 20.2 Å². The summed E-state index contributed by atoms with van der Waals surface area (Å²) < 4.78 is 0. The van der Waals surface area contributed by atoms with Gasteiger partial charge < -0.3 is 0 Å². The molecule has 136 valence electrons. The Labute approximate surface area is 156 Å². The molecule has 0 atom stereocenters. The zero-order valence-electron chi connectivity index (χ0n) is 13.6. The fourth-order valence-electron chi connectivity index (χ4n) is 2.46. The van der Waals surface area contributed by atoms with Crippen molar-refractivity contribution in [3.63, 3.8) is 0 Å². The van der Waals surface area contributed by atoms with E-state index in [1.165, 1.54) is 48.5 Å². The Bertz CT molecular complexity index is 986. The quantitative estimate of drug-likeness (QED) is 0.436. The van der Waals surface area contributed by atoms with E-state index in [2.05, 4.69) is 0 Å². The third-order valence-electron chi connectivity index (χ3n) is 3.78. The van der Waals surface area contributed by atoms with Gasteiger partial charge in [0.05, 0.1) is 26.9 Å². The zero-order valence-corrected chi connectivity index (χ0v) is 14.4. The number of carbonyl (C=O) groups excluding carboxylic acids is 2. The number of benzene rings is 2. The van der Waals surface area contributed by atoms with Gasteiger partial charge in [0, 0.05) is 18.2 Å². The van der Waals surface area contributed by atoms with Gasteiger partial charge in [-0.25, -0.2) is 0 Å². The summed E-state index contributed by atoms with van der Waals surface area (Å²) in [5.41, 5.74) is 0.516. The molecular formula is C17H11N3O6S. The van der Waals surface area contributed by atoms with Crippen LogP contribution in [0.3, 0.4) is 0 Å². The smallest absolute Gasteiger partial charge is 0.268 e. The second-order valence-corrected chi connectivity index (χ2v) is 6.50. The monoisotopic (exact) mass is 385 g/mol. The van der Waals surface area contributed by atoms with E-state index in [0.29, 0.717) is 17.3 Å². The second kappa shape index (κ2) is 7.38. The van der Waals surface area contributed by atoms with E-state index in [1.54, 1.807) is 6.07 Å². The van der Waals surface area contributed by atoms with E-state index < -0.39 is 21.0 Å². The Morgan fingerprint density at radius 1 is 0.963 bits per heavy atom. The van der Waals surface area contributed by atoms with Gasteiger partial charge in [-0.3, -0.25) is 34.7 Å². The van der Waals surface area contributed by atoms with Crippen molar-refractivity contribution in [2.45, 2.75) is 6.54 Å².